The molecular formula is C21H19F3N2O4. The van der Waals surface area contributed by atoms with E-state index >= 15 is 0 Å². The number of nitrogens with zero attached hydrogens (tertiary/aromatic N) is 1. The molecule has 1 aromatic carbocycles. The molecule has 0 unspecified atom stereocenters. The Morgan fingerprint density at radius 1 is 1.23 bits per heavy atom. The van der Waals surface area contributed by atoms with Gasteiger partial charge in [-0.3, -0.25) is 4.79 Å². The van der Waals surface area contributed by atoms with Gasteiger partial charge in [-0.25, -0.2) is 4.98 Å². The second-order valence-corrected chi connectivity index (χ2v) is 6.35. The van der Waals surface area contributed by atoms with Gasteiger partial charge in [-0.05, 0) is 43.7 Å². The number of carbonyl (C=O) groups excluding carboxylic acids is 1. The zero-order chi connectivity index (χ0) is 21.7. The fraction of sp³-hybridized carbons (Fsp3) is 0.238. The summed E-state index contributed by atoms with van der Waals surface area (Å²) in [5.74, 6) is -0.245. The summed E-state index contributed by atoms with van der Waals surface area (Å²) in [4.78, 5) is 16.3. The number of nitrogens with one attached hydrogen (secondary N) is 1. The van der Waals surface area contributed by atoms with Gasteiger partial charge in [-0.1, -0.05) is 6.07 Å². The van der Waals surface area contributed by atoms with Crippen LogP contribution in [-0.2, 0) is 6.18 Å². The standard InChI is InChI=1S/C21H19F3N2O4/c1-2-29-17-10-11-25-18(19(17)27)20(28)26-14-6-8-15(9-7-14)30-16-5-3-4-13(12-16)21(22,23)24/h3-6,8,10-12,27H,2,7,9H2,1H3,(H,26,28). The summed E-state index contributed by atoms with van der Waals surface area (Å²) < 4.78 is 49.2. The molecule has 9 heteroatoms. The van der Waals surface area contributed by atoms with E-state index in [0.717, 1.165) is 12.1 Å². The van der Waals surface area contributed by atoms with Crippen LogP contribution in [0.4, 0.5) is 13.2 Å². The van der Waals surface area contributed by atoms with Gasteiger partial charge in [0.15, 0.2) is 17.2 Å². The van der Waals surface area contributed by atoms with E-state index in [-0.39, 0.29) is 22.9 Å². The van der Waals surface area contributed by atoms with Gasteiger partial charge in [0.05, 0.1) is 12.2 Å². The smallest absolute Gasteiger partial charge is 0.416 e. The molecule has 1 aliphatic carbocycles. The lowest BCUT2D eigenvalue weighted by Crippen LogP contribution is -2.25. The summed E-state index contributed by atoms with van der Waals surface area (Å²) in [6.45, 7) is 2.07. The molecule has 1 heterocycles. The van der Waals surface area contributed by atoms with E-state index < -0.39 is 17.6 Å². The largest absolute Gasteiger partial charge is 0.503 e. The topological polar surface area (TPSA) is 80.7 Å². The van der Waals surface area contributed by atoms with Crippen LogP contribution >= 0.6 is 0 Å². The third-order valence-electron chi connectivity index (χ3n) is 4.20. The van der Waals surface area contributed by atoms with Gasteiger partial charge in [-0.15, -0.1) is 0 Å². The van der Waals surface area contributed by atoms with Crippen molar-refractivity contribution in [3.05, 3.63) is 71.4 Å². The minimum atomic E-state index is -4.45. The van der Waals surface area contributed by atoms with E-state index in [1.165, 1.54) is 24.4 Å². The molecular weight excluding hydrogens is 401 g/mol. The number of allylic oxidation sites excluding steroid dienone is 4. The van der Waals surface area contributed by atoms with Crippen molar-refractivity contribution in [2.75, 3.05) is 6.61 Å². The maximum atomic E-state index is 12.8. The first-order valence-electron chi connectivity index (χ1n) is 9.15. The number of benzene rings is 1. The lowest BCUT2D eigenvalue weighted by Gasteiger charge is -2.17. The van der Waals surface area contributed by atoms with Crippen LogP contribution in [0.3, 0.4) is 0 Å². The van der Waals surface area contributed by atoms with Crippen molar-refractivity contribution in [1.29, 1.82) is 0 Å². The van der Waals surface area contributed by atoms with Gasteiger partial charge in [0.25, 0.3) is 5.91 Å². The van der Waals surface area contributed by atoms with Gasteiger partial charge in [0, 0.05) is 24.4 Å². The molecule has 3 rings (SSSR count). The van der Waals surface area contributed by atoms with Crippen molar-refractivity contribution in [3.63, 3.8) is 0 Å². The van der Waals surface area contributed by atoms with Crippen molar-refractivity contribution < 1.29 is 32.5 Å². The fourth-order valence-electron chi connectivity index (χ4n) is 2.77. The molecule has 2 aromatic rings. The van der Waals surface area contributed by atoms with Crippen LogP contribution in [0, 0.1) is 0 Å². The zero-order valence-electron chi connectivity index (χ0n) is 16.0. The van der Waals surface area contributed by atoms with Crippen LogP contribution in [0.2, 0.25) is 0 Å². The van der Waals surface area contributed by atoms with Crippen LogP contribution in [0.1, 0.15) is 35.8 Å². The Kier molecular flexibility index (Phi) is 6.29. The minimum Gasteiger partial charge on any atom is -0.503 e. The molecule has 1 aromatic heterocycles. The van der Waals surface area contributed by atoms with Crippen LogP contribution in [0.25, 0.3) is 0 Å². The zero-order valence-corrected chi connectivity index (χ0v) is 16.0. The highest BCUT2D eigenvalue weighted by molar-refractivity contribution is 5.96. The first kappa shape index (κ1) is 21.2. The third-order valence-corrected chi connectivity index (χ3v) is 4.20. The van der Waals surface area contributed by atoms with Crippen LogP contribution in [0.5, 0.6) is 17.2 Å². The summed E-state index contributed by atoms with van der Waals surface area (Å²) in [7, 11) is 0. The Morgan fingerprint density at radius 2 is 2.03 bits per heavy atom. The van der Waals surface area contributed by atoms with Crippen molar-refractivity contribution in [2.24, 2.45) is 0 Å². The molecule has 0 bridgehead atoms. The highest BCUT2D eigenvalue weighted by atomic mass is 19.4. The van der Waals surface area contributed by atoms with Gasteiger partial charge in [0.2, 0.25) is 0 Å². The number of hydrogen-bond donors (Lipinski definition) is 2. The highest BCUT2D eigenvalue weighted by Crippen LogP contribution is 2.32. The van der Waals surface area contributed by atoms with E-state index in [0.29, 0.717) is 30.9 Å². The fourth-order valence-corrected chi connectivity index (χ4v) is 2.77. The molecule has 1 amide bonds. The summed E-state index contributed by atoms with van der Waals surface area (Å²) in [5.41, 5.74) is -0.405. The maximum Gasteiger partial charge on any atom is 0.416 e. The van der Waals surface area contributed by atoms with E-state index in [4.69, 9.17) is 9.47 Å². The monoisotopic (exact) mass is 420 g/mol. The van der Waals surface area contributed by atoms with E-state index in [2.05, 4.69) is 10.3 Å². The van der Waals surface area contributed by atoms with Crippen molar-refractivity contribution in [1.82, 2.24) is 10.3 Å². The Morgan fingerprint density at radius 3 is 2.70 bits per heavy atom. The Hall–Kier alpha value is -3.49. The van der Waals surface area contributed by atoms with Gasteiger partial charge in [-0.2, -0.15) is 13.2 Å². The Balaban J connectivity index is 1.67. The SMILES string of the molecule is CCOc1ccnc(C(=O)NC2=CC=C(Oc3cccc(C(F)(F)F)c3)CC2)c1O. The molecule has 2 N–H and O–H groups in total. The maximum absolute atomic E-state index is 12.8. The molecule has 6 nitrogen and oxygen atoms in total. The number of rotatable bonds is 6. The number of aromatic hydroxyl groups is 1. The number of amides is 1. The summed E-state index contributed by atoms with van der Waals surface area (Å²) in [6, 6.07) is 6.08. The molecule has 30 heavy (non-hydrogen) atoms. The van der Waals surface area contributed by atoms with E-state index in [1.807, 2.05) is 0 Å². The van der Waals surface area contributed by atoms with Crippen molar-refractivity contribution in [2.45, 2.75) is 25.9 Å². The third kappa shape index (κ3) is 5.11. The summed E-state index contributed by atoms with van der Waals surface area (Å²) in [6.07, 6.45) is 0.840. The molecule has 158 valence electrons. The van der Waals surface area contributed by atoms with Crippen molar-refractivity contribution >= 4 is 5.91 Å². The molecule has 0 atom stereocenters. The predicted molar refractivity (Wildman–Crippen MR) is 102 cm³/mol. The molecule has 0 spiro atoms. The predicted octanol–water partition coefficient (Wildman–Crippen LogP) is 4.58. The van der Waals surface area contributed by atoms with Crippen LogP contribution in [0.15, 0.2) is 60.1 Å². The number of hydrogen-bond acceptors (Lipinski definition) is 5. The summed E-state index contributed by atoms with van der Waals surface area (Å²) >= 11 is 0. The van der Waals surface area contributed by atoms with E-state index in [9.17, 15) is 23.1 Å². The number of pyridine rings is 1. The minimum absolute atomic E-state index is 0.0822. The molecule has 1 aliphatic rings. The number of carbonyl (C=O) groups is 1. The normalized spacial score (nSPS) is 13.9. The second kappa shape index (κ2) is 8.89. The molecule has 0 aliphatic heterocycles. The van der Waals surface area contributed by atoms with Gasteiger partial charge >= 0.3 is 6.18 Å². The number of aromatic nitrogens is 1. The summed E-state index contributed by atoms with van der Waals surface area (Å²) in [5, 5.41) is 12.8. The van der Waals surface area contributed by atoms with Crippen molar-refractivity contribution in [3.8, 4) is 17.2 Å². The first-order chi connectivity index (χ1) is 14.3. The quantitative estimate of drug-likeness (QED) is 0.715. The first-order valence-corrected chi connectivity index (χ1v) is 9.15. The Labute approximate surface area is 170 Å². The number of halogens is 3. The lowest BCUT2D eigenvalue weighted by molar-refractivity contribution is -0.137. The van der Waals surface area contributed by atoms with Gasteiger partial charge < -0.3 is 19.9 Å². The molecule has 0 fully saturated rings. The second-order valence-electron chi connectivity index (χ2n) is 6.35. The molecule has 0 saturated carbocycles. The number of alkyl halides is 3. The number of ether oxygens (including phenoxy) is 2. The highest BCUT2D eigenvalue weighted by Gasteiger charge is 2.30. The van der Waals surface area contributed by atoms with Gasteiger partial charge in [0.1, 0.15) is 11.5 Å². The van der Waals surface area contributed by atoms with Crippen LogP contribution < -0.4 is 14.8 Å². The lowest BCUT2D eigenvalue weighted by atomic mass is 10.1. The Bertz CT molecular complexity index is 1000. The molecule has 0 saturated heterocycles. The van der Waals surface area contributed by atoms with E-state index in [1.54, 1.807) is 19.1 Å². The average Bonchev–Trinajstić information content (AvgIpc) is 2.71. The molecule has 0 radical (unpaired) electrons. The average molecular weight is 420 g/mol. The van der Waals surface area contributed by atoms with Crippen LogP contribution in [-0.4, -0.2) is 22.6 Å².